The van der Waals surface area contributed by atoms with Crippen LogP contribution in [0.5, 0.6) is 0 Å². The Morgan fingerprint density at radius 2 is 2.00 bits per heavy atom. The third-order valence-corrected chi connectivity index (χ3v) is 4.34. The predicted octanol–water partition coefficient (Wildman–Crippen LogP) is 1.33. The Bertz CT molecular complexity index is 679. The number of hydrogen-bond acceptors (Lipinski definition) is 4. The van der Waals surface area contributed by atoms with Gasteiger partial charge in [0.1, 0.15) is 4.90 Å². The summed E-state index contributed by atoms with van der Waals surface area (Å²) in [6, 6.07) is 8.71. The molecular weight excluding hydrogens is 276 g/mol. The first kappa shape index (κ1) is 14.5. The van der Waals surface area contributed by atoms with Crippen LogP contribution in [0, 0.1) is 0 Å². The van der Waals surface area contributed by atoms with Gasteiger partial charge in [-0.15, -0.1) is 0 Å². The van der Waals surface area contributed by atoms with Gasteiger partial charge >= 0.3 is 0 Å². The van der Waals surface area contributed by atoms with E-state index in [0.29, 0.717) is 18.8 Å². The van der Waals surface area contributed by atoms with E-state index in [-0.39, 0.29) is 4.90 Å². The van der Waals surface area contributed by atoms with Crippen molar-refractivity contribution in [2.75, 3.05) is 11.9 Å². The molecule has 20 heavy (non-hydrogen) atoms. The smallest absolute Gasteiger partial charge is 0.242 e. The van der Waals surface area contributed by atoms with Crippen LogP contribution in [0.3, 0.4) is 0 Å². The number of rotatable bonds is 6. The van der Waals surface area contributed by atoms with Crippen LogP contribution >= 0.6 is 0 Å². The van der Waals surface area contributed by atoms with Gasteiger partial charge in [-0.25, -0.2) is 13.1 Å². The number of para-hydroxylation sites is 1. The Hall–Kier alpha value is -1.86. The van der Waals surface area contributed by atoms with Crippen molar-refractivity contribution in [2.45, 2.75) is 18.4 Å². The van der Waals surface area contributed by atoms with Gasteiger partial charge in [0, 0.05) is 19.8 Å². The molecule has 0 saturated heterocycles. The average Bonchev–Trinajstić information content (AvgIpc) is 2.82. The van der Waals surface area contributed by atoms with Crippen molar-refractivity contribution < 1.29 is 8.42 Å². The Morgan fingerprint density at radius 1 is 1.25 bits per heavy atom. The molecule has 6 nitrogen and oxygen atoms in total. The molecule has 0 fully saturated rings. The molecule has 0 spiro atoms. The van der Waals surface area contributed by atoms with Gasteiger partial charge in [-0.05, 0) is 18.2 Å². The highest BCUT2D eigenvalue weighted by Crippen LogP contribution is 2.21. The van der Waals surface area contributed by atoms with Crippen LogP contribution in [0.15, 0.2) is 41.4 Å². The van der Waals surface area contributed by atoms with Gasteiger partial charge in [0.2, 0.25) is 10.0 Å². The van der Waals surface area contributed by atoms with Crippen LogP contribution < -0.4 is 10.0 Å². The predicted molar refractivity (Wildman–Crippen MR) is 77.8 cm³/mol. The second-order valence-corrected chi connectivity index (χ2v) is 6.07. The summed E-state index contributed by atoms with van der Waals surface area (Å²) in [5.41, 5.74) is 1.42. The van der Waals surface area contributed by atoms with E-state index >= 15 is 0 Å². The van der Waals surface area contributed by atoms with Crippen LogP contribution in [0.2, 0.25) is 0 Å². The molecule has 7 heteroatoms. The third-order valence-electron chi connectivity index (χ3n) is 2.74. The van der Waals surface area contributed by atoms with Gasteiger partial charge in [-0.3, -0.25) is 4.68 Å². The van der Waals surface area contributed by atoms with Crippen molar-refractivity contribution in [1.29, 1.82) is 0 Å². The molecule has 0 saturated carbocycles. The number of hydrogen-bond donors (Lipinski definition) is 2. The maximum atomic E-state index is 12.1. The zero-order valence-corrected chi connectivity index (χ0v) is 12.3. The molecule has 2 aromatic rings. The van der Waals surface area contributed by atoms with E-state index in [1.165, 1.54) is 0 Å². The standard InChI is InChI=1S/C13H18N4O2S/c1-3-15-20(18,19)13-7-5-4-6-12(13)14-10-11-8-9-17(2)16-11/h4-9,14-15H,3,10H2,1-2H3. The lowest BCUT2D eigenvalue weighted by Crippen LogP contribution is -2.24. The monoisotopic (exact) mass is 294 g/mol. The van der Waals surface area contributed by atoms with Crippen LogP contribution in [-0.2, 0) is 23.6 Å². The molecule has 2 N–H and O–H groups in total. The minimum Gasteiger partial charge on any atom is -0.378 e. The van der Waals surface area contributed by atoms with Gasteiger partial charge in [0.25, 0.3) is 0 Å². The minimum atomic E-state index is -3.48. The number of nitrogens with zero attached hydrogens (tertiary/aromatic N) is 2. The molecule has 0 atom stereocenters. The number of aromatic nitrogens is 2. The summed E-state index contributed by atoms with van der Waals surface area (Å²) in [7, 11) is -1.64. The zero-order chi connectivity index (χ0) is 14.6. The highest BCUT2D eigenvalue weighted by atomic mass is 32.2. The molecule has 2 rings (SSSR count). The summed E-state index contributed by atoms with van der Waals surface area (Å²) < 4.78 is 28.4. The average molecular weight is 294 g/mol. The van der Waals surface area contributed by atoms with Crippen LogP contribution in [0.1, 0.15) is 12.6 Å². The fourth-order valence-corrected chi connectivity index (χ4v) is 3.08. The van der Waals surface area contributed by atoms with E-state index < -0.39 is 10.0 Å². The van der Waals surface area contributed by atoms with Crippen molar-refractivity contribution >= 4 is 15.7 Å². The van der Waals surface area contributed by atoms with E-state index in [2.05, 4.69) is 15.1 Å². The van der Waals surface area contributed by atoms with Crippen molar-refractivity contribution in [2.24, 2.45) is 7.05 Å². The lowest BCUT2D eigenvalue weighted by Gasteiger charge is -2.11. The summed E-state index contributed by atoms with van der Waals surface area (Å²) in [6.45, 7) is 2.58. The highest BCUT2D eigenvalue weighted by Gasteiger charge is 2.16. The lowest BCUT2D eigenvalue weighted by molar-refractivity contribution is 0.584. The fraction of sp³-hybridized carbons (Fsp3) is 0.308. The molecule has 0 aliphatic carbocycles. The molecule has 0 aliphatic rings. The Kier molecular flexibility index (Phi) is 4.41. The van der Waals surface area contributed by atoms with E-state index in [1.54, 1.807) is 35.9 Å². The molecule has 108 valence electrons. The van der Waals surface area contributed by atoms with Crippen molar-refractivity contribution in [3.8, 4) is 0 Å². The van der Waals surface area contributed by atoms with Gasteiger partial charge in [-0.2, -0.15) is 5.10 Å². The first-order valence-corrected chi connectivity index (χ1v) is 7.82. The van der Waals surface area contributed by atoms with E-state index in [9.17, 15) is 8.42 Å². The molecule has 0 amide bonds. The summed E-state index contributed by atoms with van der Waals surface area (Å²) in [5.74, 6) is 0. The van der Waals surface area contributed by atoms with Crippen LogP contribution in [0.4, 0.5) is 5.69 Å². The first-order chi connectivity index (χ1) is 9.53. The summed E-state index contributed by atoms with van der Waals surface area (Å²) in [6.07, 6.45) is 1.85. The maximum absolute atomic E-state index is 12.1. The molecule has 0 unspecified atom stereocenters. The highest BCUT2D eigenvalue weighted by molar-refractivity contribution is 7.89. The summed E-state index contributed by atoms with van der Waals surface area (Å²) in [5, 5.41) is 7.36. The van der Waals surface area contributed by atoms with Crippen molar-refractivity contribution in [3.63, 3.8) is 0 Å². The third kappa shape index (κ3) is 3.37. The molecule has 0 aliphatic heterocycles. The quantitative estimate of drug-likeness (QED) is 0.843. The van der Waals surface area contributed by atoms with E-state index in [1.807, 2.05) is 19.3 Å². The maximum Gasteiger partial charge on any atom is 0.242 e. The second kappa shape index (κ2) is 6.06. The van der Waals surface area contributed by atoms with Gasteiger partial charge in [-0.1, -0.05) is 19.1 Å². The topological polar surface area (TPSA) is 76.0 Å². The van der Waals surface area contributed by atoms with Crippen LogP contribution in [-0.4, -0.2) is 24.7 Å². The minimum absolute atomic E-state index is 0.248. The lowest BCUT2D eigenvalue weighted by atomic mass is 10.3. The zero-order valence-electron chi connectivity index (χ0n) is 11.5. The SMILES string of the molecule is CCNS(=O)(=O)c1ccccc1NCc1ccn(C)n1. The Labute approximate surface area is 118 Å². The Balaban J connectivity index is 2.20. The second-order valence-electron chi connectivity index (χ2n) is 4.33. The number of nitrogens with one attached hydrogen (secondary N) is 2. The fourth-order valence-electron chi connectivity index (χ4n) is 1.86. The van der Waals surface area contributed by atoms with Gasteiger partial charge in [0.05, 0.1) is 17.9 Å². The Morgan fingerprint density at radius 3 is 2.65 bits per heavy atom. The number of sulfonamides is 1. The van der Waals surface area contributed by atoms with Crippen molar-refractivity contribution in [3.05, 3.63) is 42.2 Å². The molecule has 1 aromatic heterocycles. The van der Waals surface area contributed by atoms with Crippen LogP contribution in [0.25, 0.3) is 0 Å². The summed E-state index contributed by atoms with van der Waals surface area (Å²) >= 11 is 0. The molecular formula is C13H18N4O2S. The van der Waals surface area contributed by atoms with Crippen molar-refractivity contribution in [1.82, 2.24) is 14.5 Å². The molecule has 1 aromatic carbocycles. The number of anilines is 1. The number of benzene rings is 1. The first-order valence-electron chi connectivity index (χ1n) is 6.34. The van der Waals surface area contributed by atoms with Gasteiger partial charge in [0.15, 0.2) is 0 Å². The van der Waals surface area contributed by atoms with E-state index in [0.717, 1.165) is 5.69 Å². The summed E-state index contributed by atoms with van der Waals surface area (Å²) in [4.78, 5) is 0.248. The molecule has 0 radical (unpaired) electrons. The van der Waals surface area contributed by atoms with Gasteiger partial charge < -0.3 is 5.32 Å². The normalized spacial score (nSPS) is 11.5. The molecule has 0 bridgehead atoms. The largest absolute Gasteiger partial charge is 0.378 e. The molecule has 1 heterocycles. The van der Waals surface area contributed by atoms with E-state index in [4.69, 9.17) is 0 Å². The number of aryl methyl sites for hydroxylation is 1.